The molecule has 2 amide bonds. The van der Waals surface area contributed by atoms with Gasteiger partial charge in [0.1, 0.15) is 0 Å². The Bertz CT molecular complexity index is 343. The van der Waals surface area contributed by atoms with Gasteiger partial charge >= 0.3 is 5.97 Å². The Morgan fingerprint density at radius 1 is 1.50 bits per heavy atom. The minimum Gasteiger partial charge on any atom is -0.466 e. The molecule has 0 aromatic heterocycles. The molecule has 0 radical (unpaired) electrons. The summed E-state index contributed by atoms with van der Waals surface area (Å²) in [5, 5.41) is 0. The second-order valence-corrected chi connectivity index (χ2v) is 4.49. The van der Waals surface area contributed by atoms with Gasteiger partial charge in [-0.05, 0) is 6.92 Å². The molecule has 1 saturated heterocycles. The first-order valence-corrected chi connectivity index (χ1v) is 6.10. The average Bonchev–Trinajstić information content (AvgIpc) is 2.66. The number of carbonyl (C=O) groups is 3. The molecule has 1 aliphatic heterocycles. The van der Waals surface area contributed by atoms with Crippen LogP contribution in [-0.4, -0.2) is 61.4 Å². The third-order valence-electron chi connectivity index (χ3n) is 3.02. The van der Waals surface area contributed by atoms with E-state index in [9.17, 15) is 14.4 Å². The van der Waals surface area contributed by atoms with Crippen LogP contribution in [-0.2, 0) is 19.1 Å². The highest BCUT2D eigenvalue weighted by molar-refractivity contribution is 5.89. The van der Waals surface area contributed by atoms with Crippen molar-refractivity contribution in [1.29, 1.82) is 0 Å². The summed E-state index contributed by atoms with van der Waals surface area (Å²) < 4.78 is 4.79. The molecule has 102 valence electrons. The number of esters is 1. The van der Waals surface area contributed by atoms with Crippen molar-refractivity contribution in [2.75, 3.05) is 33.8 Å². The number of ether oxygens (including phenoxy) is 1. The molecule has 0 spiro atoms. The Hall–Kier alpha value is -1.59. The van der Waals surface area contributed by atoms with Crippen LogP contribution in [0.1, 0.15) is 19.8 Å². The lowest BCUT2D eigenvalue weighted by Crippen LogP contribution is -2.35. The van der Waals surface area contributed by atoms with Crippen molar-refractivity contribution in [1.82, 2.24) is 9.80 Å². The standard InChI is InChI=1S/C12H20N2O4/c1-4-18-11(16)5-6-13(2)12(17)9-7-10(15)14(3)8-9/h9H,4-8H2,1-3H3. The smallest absolute Gasteiger partial charge is 0.307 e. The fourth-order valence-corrected chi connectivity index (χ4v) is 1.94. The molecule has 0 bridgehead atoms. The van der Waals surface area contributed by atoms with Crippen molar-refractivity contribution < 1.29 is 19.1 Å². The molecule has 6 heteroatoms. The van der Waals surface area contributed by atoms with E-state index in [2.05, 4.69) is 0 Å². The average molecular weight is 256 g/mol. The van der Waals surface area contributed by atoms with Gasteiger partial charge in [-0.3, -0.25) is 14.4 Å². The molecule has 1 heterocycles. The van der Waals surface area contributed by atoms with Crippen molar-refractivity contribution in [3.05, 3.63) is 0 Å². The van der Waals surface area contributed by atoms with Crippen LogP contribution in [0.25, 0.3) is 0 Å². The van der Waals surface area contributed by atoms with Crippen molar-refractivity contribution in [3.63, 3.8) is 0 Å². The van der Waals surface area contributed by atoms with Crippen molar-refractivity contribution in [2.45, 2.75) is 19.8 Å². The van der Waals surface area contributed by atoms with Gasteiger partial charge in [0.05, 0.1) is 18.9 Å². The van der Waals surface area contributed by atoms with Crippen LogP contribution in [0, 0.1) is 5.92 Å². The third kappa shape index (κ3) is 3.72. The topological polar surface area (TPSA) is 66.9 Å². The molecule has 1 rings (SSSR count). The quantitative estimate of drug-likeness (QED) is 0.643. The summed E-state index contributed by atoms with van der Waals surface area (Å²) in [6.45, 7) is 2.87. The van der Waals surface area contributed by atoms with Gasteiger partial charge in [0.2, 0.25) is 11.8 Å². The number of hydrogen-bond acceptors (Lipinski definition) is 4. The molecule has 0 N–H and O–H groups in total. The maximum absolute atomic E-state index is 12.0. The number of amides is 2. The van der Waals surface area contributed by atoms with E-state index in [0.29, 0.717) is 19.7 Å². The molecule has 0 aromatic carbocycles. The zero-order chi connectivity index (χ0) is 13.7. The van der Waals surface area contributed by atoms with Crippen LogP contribution in [0.4, 0.5) is 0 Å². The van der Waals surface area contributed by atoms with Crippen molar-refractivity contribution in [3.8, 4) is 0 Å². The summed E-state index contributed by atoms with van der Waals surface area (Å²) in [4.78, 5) is 37.6. The van der Waals surface area contributed by atoms with E-state index in [0.717, 1.165) is 0 Å². The molecule has 1 fully saturated rings. The molecule has 1 aliphatic rings. The van der Waals surface area contributed by atoms with Crippen molar-refractivity contribution in [2.24, 2.45) is 5.92 Å². The van der Waals surface area contributed by atoms with Gasteiger partial charge in [-0.15, -0.1) is 0 Å². The van der Waals surface area contributed by atoms with E-state index in [1.54, 1.807) is 25.9 Å². The fourth-order valence-electron chi connectivity index (χ4n) is 1.94. The molecular formula is C12H20N2O4. The summed E-state index contributed by atoms with van der Waals surface area (Å²) in [5.41, 5.74) is 0. The van der Waals surface area contributed by atoms with Crippen LogP contribution in [0.15, 0.2) is 0 Å². The maximum atomic E-state index is 12.0. The van der Waals surface area contributed by atoms with Gasteiger partial charge in [-0.25, -0.2) is 0 Å². The van der Waals surface area contributed by atoms with Crippen LogP contribution in [0.2, 0.25) is 0 Å². The van der Waals surface area contributed by atoms with E-state index in [4.69, 9.17) is 4.74 Å². The van der Waals surface area contributed by atoms with Gasteiger partial charge in [0.25, 0.3) is 0 Å². The zero-order valence-electron chi connectivity index (χ0n) is 11.1. The Labute approximate surface area is 107 Å². The predicted molar refractivity (Wildman–Crippen MR) is 64.6 cm³/mol. The Morgan fingerprint density at radius 3 is 2.67 bits per heavy atom. The normalized spacial score (nSPS) is 18.9. The highest BCUT2D eigenvalue weighted by Gasteiger charge is 2.33. The first-order chi connectivity index (χ1) is 8.45. The van der Waals surface area contributed by atoms with E-state index in [1.807, 2.05) is 0 Å². The van der Waals surface area contributed by atoms with Gasteiger partial charge in [-0.2, -0.15) is 0 Å². The number of carbonyl (C=O) groups excluding carboxylic acids is 3. The van der Waals surface area contributed by atoms with E-state index in [-0.39, 0.29) is 36.5 Å². The maximum Gasteiger partial charge on any atom is 0.307 e. The van der Waals surface area contributed by atoms with Gasteiger partial charge in [0, 0.05) is 33.6 Å². The monoisotopic (exact) mass is 256 g/mol. The minimum atomic E-state index is -0.309. The molecule has 0 saturated carbocycles. The summed E-state index contributed by atoms with van der Waals surface area (Å²) in [6, 6.07) is 0. The number of nitrogens with zero attached hydrogens (tertiary/aromatic N) is 2. The van der Waals surface area contributed by atoms with Gasteiger partial charge in [0.15, 0.2) is 0 Å². The zero-order valence-corrected chi connectivity index (χ0v) is 11.1. The Kier molecular flexibility index (Phi) is 5.12. The molecule has 6 nitrogen and oxygen atoms in total. The largest absolute Gasteiger partial charge is 0.466 e. The fraction of sp³-hybridized carbons (Fsp3) is 0.750. The lowest BCUT2D eigenvalue weighted by molar-refractivity contribution is -0.144. The number of hydrogen-bond donors (Lipinski definition) is 0. The van der Waals surface area contributed by atoms with Crippen LogP contribution < -0.4 is 0 Å². The van der Waals surface area contributed by atoms with E-state index >= 15 is 0 Å². The summed E-state index contributed by atoms with van der Waals surface area (Å²) >= 11 is 0. The summed E-state index contributed by atoms with van der Waals surface area (Å²) in [7, 11) is 3.33. The Morgan fingerprint density at radius 2 is 2.17 bits per heavy atom. The first-order valence-electron chi connectivity index (χ1n) is 6.10. The molecule has 0 aromatic rings. The van der Waals surface area contributed by atoms with Crippen LogP contribution >= 0.6 is 0 Å². The lowest BCUT2D eigenvalue weighted by atomic mass is 10.1. The molecular weight excluding hydrogens is 236 g/mol. The highest BCUT2D eigenvalue weighted by Crippen LogP contribution is 2.18. The van der Waals surface area contributed by atoms with Crippen LogP contribution in [0.5, 0.6) is 0 Å². The number of likely N-dealkylation sites (tertiary alicyclic amines) is 1. The molecule has 1 atom stereocenters. The second-order valence-electron chi connectivity index (χ2n) is 4.49. The highest BCUT2D eigenvalue weighted by atomic mass is 16.5. The summed E-state index contributed by atoms with van der Waals surface area (Å²) in [5.74, 6) is -0.685. The minimum absolute atomic E-state index is 0.00728. The van der Waals surface area contributed by atoms with Crippen LogP contribution in [0.3, 0.4) is 0 Å². The number of rotatable bonds is 5. The van der Waals surface area contributed by atoms with E-state index < -0.39 is 0 Å². The molecule has 1 unspecified atom stereocenters. The first kappa shape index (κ1) is 14.5. The molecule has 0 aliphatic carbocycles. The van der Waals surface area contributed by atoms with E-state index in [1.165, 1.54) is 4.90 Å². The Balaban J connectivity index is 2.38. The van der Waals surface area contributed by atoms with Gasteiger partial charge < -0.3 is 14.5 Å². The van der Waals surface area contributed by atoms with Crippen molar-refractivity contribution >= 4 is 17.8 Å². The second kappa shape index (κ2) is 6.37. The lowest BCUT2D eigenvalue weighted by Gasteiger charge is -2.20. The third-order valence-corrected chi connectivity index (χ3v) is 3.02. The SMILES string of the molecule is CCOC(=O)CCN(C)C(=O)C1CC(=O)N(C)C1. The molecule has 18 heavy (non-hydrogen) atoms. The predicted octanol–water partition coefficient (Wildman–Crippen LogP) is -0.124. The summed E-state index contributed by atoms with van der Waals surface area (Å²) in [6.07, 6.45) is 0.450. The van der Waals surface area contributed by atoms with Gasteiger partial charge in [-0.1, -0.05) is 0 Å².